The average Bonchev–Trinajstić information content (AvgIpc) is 2.80. The number of aliphatic hydroxyl groups excluding tert-OH is 1. The molecule has 0 spiro atoms. The van der Waals surface area contributed by atoms with Crippen molar-refractivity contribution in [1.29, 1.82) is 0 Å². The van der Waals surface area contributed by atoms with Gasteiger partial charge in [-0.15, -0.1) is 0 Å². The van der Waals surface area contributed by atoms with E-state index in [9.17, 15) is 19.5 Å². The predicted molar refractivity (Wildman–Crippen MR) is 123 cm³/mol. The van der Waals surface area contributed by atoms with Crippen molar-refractivity contribution >= 4 is 23.4 Å². The van der Waals surface area contributed by atoms with Crippen molar-refractivity contribution in [2.75, 3.05) is 39.2 Å². The Morgan fingerprint density at radius 2 is 1.61 bits per heavy atom. The number of hydroxylamine groups is 1. The maximum absolute atomic E-state index is 12.4. The van der Waals surface area contributed by atoms with Crippen LogP contribution in [0.15, 0.2) is 48.5 Å². The fraction of sp³-hybridized carbons (Fsp3) is 0.348. The molecule has 0 saturated carbocycles. The standard InChI is InChI=1S/C23H30N4O6/c1-15(28)21(23(31)26-32)25-22(30)18-6-4-16(5-7-18)17-8-10-19(11-9-17)24-20(29)14-27(2)12-13-33-3/h4-11,15,21,28,32H,12-14H2,1-3H3,(H,24,29)(H,25,30)(H,26,31)/t15-,21+/m1/s1. The normalized spacial score (nSPS) is 12.7. The van der Waals surface area contributed by atoms with Crippen molar-refractivity contribution < 1.29 is 29.4 Å². The van der Waals surface area contributed by atoms with Gasteiger partial charge in [-0.2, -0.15) is 0 Å². The zero-order valence-electron chi connectivity index (χ0n) is 18.9. The van der Waals surface area contributed by atoms with Gasteiger partial charge in [0.2, 0.25) is 5.91 Å². The second kappa shape index (κ2) is 12.7. The molecule has 0 aliphatic heterocycles. The molecule has 0 unspecified atom stereocenters. The van der Waals surface area contributed by atoms with E-state index >= 15 is 0 Å². The van der Waals surface area contributed by atoms with E-state index in [0.29, 0.717) is 18.8 Å². The molecule has 2 aromatic carbocycles. The molecule has 5 N–H and O–H groups in total. The highest BCUT2D eigenvalue weighted by Gasteiger charge is 2.25. The van der Waals surface area contributed by atoms with E-state index in [1.165, 1.54) is 12.4 Å². The summed E-state index contributed by atoms with van der Waals surface area (Å²) < 4.78 is 5.00. The molecule has 0 aliphatic rings. The van der Waals surface area contributed by atoms with Crippen LogP contribution in [0.4, 0.5) is 5.69 Å². The highest BCUT2D eigenvalue weighted by atomic mass is 16.5. The number of nitrogens with zero attached hydrogens (tertiary/aromatic N) is 1. The van der Waals surface area contributed by atoms with E-state index in [4.69, 9.17) is 9.94 Å². The lowest BCUT2D eigenvalue weighted by molar-refractivity contribution is -0.133. The summed E-state index contributed by atoms with van der Waals surface area (Å²) in [4.78, 5) is 38.0. The van der Waals surface area contributed by atoms with Crippen LogP contribution in [0.3, 0.4) is 0 Å². The van der Waals surface area contributed by atoms with Gasteiger partial charge in [0.25, 0.3) is 11.8 Å². The zero-order chi connectivity index (χ0) is 24.4. The molecule has 0 bridgehead atoms. The smallest absolute Gasteiger partial charge is 0.268 e. The van der Waals surface area contributed by atoms with Crippen LogP contribution in [0.1, 0.15) is 17.3 Å². The number of carbonyl (C=O) groups excluding carboxylic acids is 3. The fourth-order valence-corrected chi connectivity index (χ4v) is 3.03. The molecule has 2 rings (SSSR count). The molecule has 2 atom stereocenters. The summed E-state index contributed by atoms with van der Waals surface area (Å²) in [6, 6.07) is 12.7. The summed E-state index contributed by atoms with van der Waals surface area (Å²) in [6.07, 6.45) is -1.19. The fourth-order valence-electron chi connectivity index (χ4n) is 3.03. The monoisotopic (exact) mass is 458 g/mol. The lowest BCUT2D eigenvalue weighted by atomic mass is 10.0. The van der Waals surface area contributed by atoms with Crippen LogP contribution in [0.2, 0.25) is 0 Å². The Morgan fingerprint density at radius 1 is 1.03 bits per heavy atom. The number of hydrogen-bond donors (Lipinski definition) is 5. The first-order valence-corrected chi connectivity index (χ1v) is 10.4. The first-order chi connectivity index (χ1) is 15.7. The number of aliphatic hydroxyl groups is 1. The van der Waals surface area contributed by atoms with Gasteiger partial charge in [-0.1, -0.05) is 24.3 Å². The van der Waals surface area contributed by atoms with Gasteiger partial charge in [0.1, 0.15) is 6.04 Å². The minimum Gasteiger partial charge on any atom is -0.391 e. The molecular formula is C23H30N4O6. The molecule has 0 heterocycles. The molecule has 0 radical (unpaired) electrons. The summed E-state index contributed by atoms with van der Waals surface area (Å²) >= 11 is 0. The molecule has 178 valence electrons. The molecule has 0 aliphatic carbocycles. The second-order valence-electron chi connectivity index (χ2n) is 7.60. The van der Waals surface area contributed by atoms with E-state index < -0.39 is 24.0 Å². The minimum absolute atomic E-state index is 0.123. The lowest BCUT2D eigenvalue weighted by Gasteiger charge is -2.19. The molecular weight excluding hydrogens is 428 g/mol. The van der Waals surface area contributed by atoms with Crippen molar-refractivity contribution in [3.63, 3.8) is 0 Å². The largest absolute Gasteiger partial charge is 0.391 e. The summed E-state index contributed by atoms with van der Waals surface area (Å²) in [5, 5.41) is 23.6. The number of methoxy groups -OCH3 is 1. The maximum Gasteiger partial charge on any atom is 0.268 e. The number of likely N-dealkylation sites (N-methyl/N-ethyl adjacent to an activating group) is 1. The highest BCUT2D eigenvalue weighted by Crippen LogP contribution is 2.22. The third kappa shape index (κ3) is 7.95. The molecule has 10 nitrogen and oxygen atoms in total. The number of carbonyl (C=O) groups is 3. The predicted octanol–water partition coefficient (Wildman–Crippen LogP) is 0.855. The van der Waals surface area contributed by atoms with Gasteiger partial charge < -0.3 is 20.5 Å². The molecule has 0 aromatic heterocycles. The Hall–Kier alpha value is -3.31. The number of amides is 3. The molecule has 33 heavy (non-hydrogen) atoms. The topological polar surface area (TPSA) is 140 Å². The summed E-state index contributed by atoms with van der Waals surface area (Å²) in [5.74, 6) is -1.60. The molecule has 3 amide bonds. The van der Waals surface area contributed by atoms with Crippen molar-refractivity contribution in [3.05, 3.63) is 54.1 Å². The third-order valence-electron chi connectivity index (χ3n) is 4.90. The van der Waals surface area contributed by atoms with Crippen LogP contribution >= 0.6 is 0 Å². The van der Waals surface area contributed by atoms with Crippen LogP contribution < -0.4 is 16.1 Å². The highest BCUT2D eigenvalue weighted by molar-refractivity contribution is 5.98. The van der Waals surface area contributed by atoms with E-state index in [2.05, 4.69) is 10.6 Å². The van der Waals surface area contributed by atoms with Crippen LogP contribution in [-0.4, -0.2) is 78.9 Å². The third-order valence-corrected chi connectivity index (χ3v) is 4.90. The SMILES string of the molecule is COCCN(C)CC(=O)Nc1ccc(-c2ccc(C(=O)N[C@H](C(=O)NO)[C@@H](C)O)cc2)cc1. The number of benzene rings is 2. The van der Waals surface area contributed by atoms with Crippen LogP contribution in [-0.2, 0) is 14.3 Å². The van der Waals surface area contributed by atoms with Crippen molar-refractivity contribution in [2.24, 2.45) is 0 Å². The number of nitrogens with one attached hydrogen (secondary N) is 3. The lowest BCUT2D eigenvalue weighted by Crippen LogP contribution is -2.51. The Balaban J connectivity index is 1.98. The Labute approximate surface area is 192 Å². The maximum atomic E-state index is 12.4. The Kier molecular flexibility index (Phi) is 9.95. The average molecular weight is 459 g/mol. The van der Waals surface area contributed by atoms with Gasteiger partial charge in [0, 0.05) is 24.9 Å². The van der Waals surface area contributed by atoms with E-state index in [-0.39, 0.29) is 18.0 Å². The van der Waals surface area contributed by atoms with Gasteiger partial charge in [-0.3, -0.25) is 24.5 Å². The van der Waals surface area contributed by atoms with Crippen molar-refractivity contribution in [2.45, 2.75) is 19.1 Å². The second-order valence-corrected chi connectivity index (χ2v) is 7.60. The van der Waals surface area contributed by atoms with Crippen LogP contribution in [0, 0.1) is 0 Å². The van der Waals surface area contributed by atoms with E-state index in [0.717, 1.165) is 11.1 Å². The van der Waals surface area contributed by atoms with Gasteiger partial charge in [0.05, 0.1) is 19.3 Å². The first kappa shape index (κ1) is 25.9. The molecule has 10 heteroatoms. The van der Waals surface area contributed by atoms with Crippen LogP contribution in [0.5, 0.6) is 0 Å². The number of anilines is 1. The molecule has 2 aromatic rings. The zero-order valence-corrected chi connectivity index (χ0v) is 18.9. The van der Waals surface area contributed by atoms with Gasteiger partial charge in [-0.05, 0) is 49.4 Å². The number of ether oxygens (including phenoxy) is 1. The Bertz CT molecular complexity index is 931. The van der Waals surface area contributed by atoms with Gasteiger partial charge in [0.15, 0.2) is 0 Å². The van der Waals surface area contributed by atoms with Crippen molar-refractivity contribution in [3.8, 4) is 11.1 Å². The quantitative estimate of drug-likeness (QED) is 0.248. The molecule has 0 saturated heterocycles. The van der Waals surface area contributed by atoms with E-state index in [1.807, 2.05) is 24.1 Å². The summed E-state index contributed by atoms with van der Waals surface area (Å²) in [5.41, 5.74) is 4.12. The molecule has 0 fully saturated rings. The summed E-state index contributed by atoms with van der Waals surface area (Å²) in [7, 11) is 3.46. The van der Waals surface area contributed by atoms with Crippen molar-refractivity contribution in [1.82, 2.24) is 15.7 Å². The van der Waals surface area contributed by atoms with Gasteiger partial charge in [-0.25, -0.2) is 5.48 Å². The number of hydrogen-bond acceptors (Lipinski definition) is 7. The first-order valence-electron chi connectivity index (χ1n) is 10.4. The van der Waals surface area contributed by atoms with E-state index in [1.54, 1.807) is 43.5 Å². The Morgan fingerprint density at radius 3 is 2.12 bits per heavy atom. The minimum atomic E-state index is -1.29. The summed E-state index contributed by atoms with van der Waals surface area (Å²) in [6.45, 7) is 2.79. The van der Waals surface area contributed by atoms with Gasteiger partial charge >= 0.3 is 0 Å². The number of rotatable bonds is 11. The van der Waals surface area contributed by atoms with Crippen LogP contribution in [0.25, 0.3) is 11.1 Å².